The minimum absolute atomic E-state index is 0.0103. The SMILES string of the molecule is O=C(C1=NN(Cc2ccc(Cl)c(OC(F)(F)F)c2)CC1)c1cncnc1NC1CC(CSO)CC1F. The quantitative estimate of drug-likeness (QED) is 0.251. The molecule has 8 nitrogen and oxygen atoms in total. The summed E-state index contributed by atoms with van der Waals surface area (Å²) in [5.74, 6) is -0.299. The molecule has 1 fully saturated rings. The fourth-order valence-corrected chi connectivity index (χ4v) is 4.90. The fraction of sp³-hybridized carbons (Fsp3) is 0.455. The van der Waals surface area contributed by atoms with Crippen molar-refractivity contribution in [2.75, 3.05) is 17.6 Å². The second-order valence-electron chi connectivity index (χ2n) is 8.51. The van der Waals surface area contributed by atoms with E-state index < -0.39 is 30.1 Å². The van der Waals surface area contributed by atoms with Crippen molar-refractivity contribution in [2.24, 2.45) is 11.0 Å². The highest BCUT2D eigenvalue weighted by Crippen LogP contribution is 2.33. The van der Waals surface area contributed by atoms with Crippen LogP contribution in [-0.4, -0.2) is 61.9 Å². The zero-order chi connectivity index (χ0) is 25.9. The Morgan fingerprint density at radius 2 is 2.14 bits per heavy atom. The van der Waals surface area contributed by atoms with Crippen LogP contribution < -0.4 is 10.1 Å². The Bertz CT molecular complexity index is 1140. The Hall–Kier alpha value is -2.64. The van der Waals surface area contributed by atoms with Crippen LogP contribution in [0.1, 0.15) is 35.2 Å². The number of carbonyl (C=O) groups is 1. The van der Waals surface area contributed by atoms with E-state index in [1.54, 1.807) is 11.1 Å². The molecule has 1 aliphatic heterocycles. The zero-order valence-electron chi connectivity index (χ0n) is 18.7. The van der Waals surface area contributed by atoms with Gasteiger partial charge in [0.15, 0.2) is 0 Å². The predicted octanol–water partition coefficient (Wildman–Crippen LogP) is 5.21. The molecule has 2 aliphatic rings. The van der Waals surface area contributed by atoms with Crippen LogP contribution in [0.15, 0.2) is 35.8 Å². The van der Waals surface area contributed by atoms with Gasteiger partial charge in [-0.25, -0.2) is 14.4 Å². The molecule has 0 spiro atoms. The normalized spacial score (nSPS) is 22.0. The summed E-state index contributed by atoms with van der Waals surface area (Å²) in [4.78, 5) is 21.2. The fourth-order valence-electron chi connectivity index (χ4n) is 4.26. The molecule has 3 unspecified atom stereocenters. The molecule has 1 aromatic heterocycles. The number of carbonyl (C=O) groups excluding carboxylic acids is 1. The summed E-state index contributed by atoms with van der Waals surface area (Å²) in [5.41, 5.74) is 0.844. The van der Waals surface area contributed by atoms with Crippen LogP contribution >= 0.6 is 23.6 Å². The topological polar surface area (TPSA) is 99.9 Å². The lowest BCUT2D eigenvalue weighted by Gasteiger charge is -2.17. The molecule has 0 bridgehead atoms. The number of nitrogens with one attached hydrogen (secondary N) is 1. The van der Waals surface area contributed by atoms with Crippen molar-refractivity contribution in [3.63, 3.8) is 0 Å². The monoisotopic (exact) mass is 547 g/mol. The van der Waals surface area contributed by atoms with Gasteiger partial charge in [-0.3, -0.25) is 9.80 Å². The lowest BCUT2D eigenvalue weighted by atomic mass is 10.1. The highest BCUT2D eigenvalue weighted by molar-refractivity contribution is 7.93. The molecule has 0 amide bonds. The van der Waals surface area contributed by atoms with Gasteiger partial charge in [0.05, 0.1) is 23.2 Å². The minimum Gasteiger partial charge on any atom is -0.404 e. The molecule has 0 radical (unpaired) electrons. The van der Waals surface area contributed by atoms with Crippen molar-refractivity contribution in [2.45, 2.75) is 44.4 Å². The maximum absolute atomic E-state index is 14.5. The molecule has 1 aromatic carbocycles. The summed E-state index contributed by atoms with van der Waals surface area (Å²) in [6.45, 7) is 0.500. The number of halogens is 5. The number of hydrogen-bond donors (Lipinski definition) is 2. The first-order valence-corrected chi connectivity index (χ1v) is 12.3. The molecule has 4 rings (SSSR count). The second kappa shape index (κ2) is 11.2. The van der Waals surface area contributed by atoms with Crippen molar-refractivity contribution in [1.82, 2.24) is 15.0 Å². The van der Waals surface area contributed by atoms with E-state index in [1.165, 1.54) is 24.7 Å². The third-order valence-corrected chi connectivity index (χ3v) is 6.82. The maximum Gasteiger partial charge on any atom is 0.573 e. The van der Waals surface area contributed by atoms with Gasteiger partial charge in [-0.05, 0) is 48.5 Å². The molecule has 3 atom stereocenters. The highest BCUT2D eigenvalue weighted by Gasteiger charge is 2.36. The van der Waals surface area contributed by atoms with Gasteiger partial charge >= 0.3 is 6.36 Å². The number of alkyl halides is 4. The van der Waals surface area contributed by atoms with Crippen molar-refractivity contribution < 1.29 is 31.6 Å². The minimum atomic E-state index is -4.88. The summed E-state index contributed by atoms with van der Waals surface area (Å²) in [7, 11) is 0. The number of ether oxygens (including phenoxy) is 1. The predicted molar refractivity (Wildman–Crippen MR) is 127 cm³/mol. The summed E-state index contributed by atoms with van der Waals surface area (Å²) in [5, 5.41) is 8.71. The van der Waals surface area contributed by atoms with E-state index in [2.05, 4.69) is 25.1 Å². The average molecular weight is 548 g/mol. The van der Waals surface area contributed by atoms with Crippen molar-refractivity contribution in [1.29, 1.82) is 0 Å². The van der Waals surface area contributed by atoms with Gasteiger partial charge in [0.25, 0.3) is 0 Å². The van der Waals surface area contributed by atoms with Gasteiger partial charge in [0.2, 0.25) is 5.78 Å². The van der Waals surface area contributed by atoms with Crippen LogP contribution in [0.4, 0.5) is 23.4 Å². The smallest absolute Gasteiger partial charge is 0.404 e. The van der Waals surface area contributed by atoms with E-state index in [0.29, 0.717) is 49.2 Å². The van der Waals surface area contributed by atoms with Gasteiger partial charge in [-0.1, -0.05) is 17.7 Å². The van der Waals surface area contributed by atoms with Crippen molar-refractivity contribution >= 4 is 41.0 Å². The van der Waals surface area contributed by atoms with Gasteiger partial charge in [0.1, 0.15) is 29.8 Å². The van der Waals surface area contributed by atoms with Gasteiger partial charge < -0.3 is 14.6 Å². The van der Waals surface area contributed by atoms with E-state index >= 15 is 0 Å². The van der Waals surface area contributed by atoms with Gasteiger partial charge in [-0.15, -0.1) is 13.2 Å². The summed E-state index contributed by atoms with van der Waals surface area (Å²) >= 11 is 6.48. The van der Waals surface area contributed by atoms with E-state index in [9.17, 15) is 22.4 Å². The van der Waals surface area contributed by atoms with Gasteiger partial charge in [-0.2, -0.15) is 5.10 Å². The number of Topliss-reactive ketones (excluding diaryl/α,β-unsaturated/α-hetero) is 1. The third kappa shape index (κ3) is 6.56. The number of ketones is 1. The van der Waals surface area contributed by atoms with E-state index in [0.717, 1.165) is 0 Å². The van der Waals surface area contributed by atoms with Crippen LogP contribution in [0.5, 0.6) is 5.75 Å². The van der Waals surface area contributed by atoms with Crippen molar-refractivity contribution in [3.05, 3.63) is 46.9 Å². The van der Waals surface area contributed by atoms with Crippen LogP contribution in [0, 0.1) is 5.92 Å². The first-order chi connectivity index (χ1) is 17.1. The Morgan fingerprint density at radius 3 is 2.89 bits per heavy atom. The van der Waals surface area contributed by atoms with E-state index in [-0.39, 0.29) is 34.6 Å². The molecule has 36 heavy (non-hydrogen) atoms. The zero-order valence-corrected chi connectivity index (χ0v) is 20.3. The number of aromatic nitrogens is 2. The van der Waals surface area contributed by atoms with Crippen LogP contribution in [0.2, 0.25) is 5.02 Å². The first kappa shape index (κ1) is 26.4. The molecule has 14 heteroatoms. The average Bonchev–Trinajstić information content (AvgIpc) is 3.42. The number of rotatable bonds is 9. The summed E-state index contributed by atoms with van der Waals surface area (Å²) in [6, 6.07) is 3.47. The summed E-state index contributed by atoms with van der Waals surface area (Å²) < 4.78 is 65.3. The number of hydrogen-bond acceptors (Lipinski definition) is 9. The molecule has 2 N–H and O–H groups in total. The highest BCUT2D eigenvalue weighted by atomic mass is 35.5. The largest absolute Gasteiger partial charge is 0.573 e. The maximum atomic E-state index is 14.5. The first-order valence-electron chi connectivity index (χ1n) is 11.0. The molecular weight excluding hydrogens is 526 g/mol. The van der Waals surface area contributed by atoms with E-state index in [1.807, 2.05) is 0 Å². The summed E-state index contributed by atoms with van der Waals surface area (Å²) in [6.07, 6.45) is -2.33. The Labute approximate surface area is 213 Å². The molecule has 2 heterocycles. The molecular formula is C22H22ClF4N5O3S. The standard InChI is InChI=1S/C22H22ClF4N5O3S/c23-15-2-1-12(7-19(15)35-22(25,26)27)9-32-4-3-17(31-32)20(33)14-8-28-11-29-21(14)30-18-6-13(10-36-34)5-16(18)24/h1-2,7-8,11,13,16,18,34H,3-6,9-10H2,(H,28,29,30). The molecule has 1 aliphatic carbocycles. The molecule has 1 saturated carbocycles. The number of benzene rings is 1. The molecule has 2 aromatic rings. The van der Waals surface area contributed by atoms with Gasteiger partial charge in [0, 0.05) is 24.9 Å². The number of hydrazone groups is 1. The van der Waals surface area contributed by atoms with Crippen LogP contribution in [-0.2, 0) is 6.54 Å². The third-order valence-electron chi connectivity index (χ3n) is 5.89. The molecule has 0 saturated heterocycles. The lowest BCUT2D eigenvalue weighted by molar-refractivity contribution is -0.274. The van der Waals surface area contributed by atoms with Crippen LogP contribution in [0.25, 0.3) is 0 Å². The Balaban J connectivity index is 1.45. The Morgan fingerprint density at radius 1 is 1.33 bits per heavy atom. The Kier molecular flexibility index (Phi) is 8.20. The lowest BCUT2D eigenvalue weighted by Crippen LogP contribution is -2.27. The second-order valence-corrected chi connectivity index (χ2v) is 9.51. The van der Waals surface area contributed by atoms with E-state index in [4.69, 9.17) is 16.2 Å². The molecule has 194 valence electrons. The number of anilines is 1. The van der Waals surface area contributed by atoms with Crippen molar-refractivity contribution in [3.8, 4) is 5.75 Å². The van der Waals surface area contributed by atoms with Crippen LogP contribution in [0.3, 0.4) is 0 Å². The number of nitrogens with zero attached hydrogens (tertiary/aromatic N) is 4.